The Bertz CT molecular complexity index is 929. The van der Waals surface area contributed by atoms with Crippen LogP contribution in [0, 0.1) is 0 Å². The van der Waals surface area contributed by atoms with Crippen LogP contribution in [0.15, 0.2) is 53.4 Å². The molecule has 6 heteroatoms. The van der Waals surface area contributed by atoms with Gasteiger partial charge in [-0.05, 0) is 23.8 Å². The molecule has 3 rings (SSSR count). The normalized spacial score (nSPS) is 12.1. The summed E-state index contributed by atoms with van der Waals surface area (Å²) in [5.74, 6) is 0.827. The first-order chi connectivity index (χ1) is 11.5. The summed E-state index contributed by atoms with van der Waals surface area (Å²) in [7, 11) is -3.46. The highest BCUT2D eigenvalue weighted by molar-refractivity contribution is 7.89. The number of fused-ring (bicyclic) bond motifs is 1. The summed E-state index contributed by atoms with van der Waals surface area (Å²) in [6, 6.07) is 15.1. The van der Waals surface area contributed by atoms with Gasteiger partial charge in [0.15, 0.2) is 0 Å². The molecule has 3 aromatic rings. The Morgan fingerprint density at radius 2 is 1.75 bits per heavy atom. The van der Waals surface area contributed by atoms with Crippen LogP contribution in [0.4, 0.5) is 0 Å². The standard InChI is InChI=1S/C18H21N3O2S/c1-3-21(4-2)24(22,23)15-10-11-16-17(13-15)20-18(19-16)12-14-8-6-5-7-9-14/h5-11,13H,3-4,12H2,1-2H3,(H,19,20). The number of nitrogens with zero attached hydrogens (tertiary/aromatic N) is 2. The van der Waals surface area contributed by atoms with E-state index in [-0.39, 0.29) is 0 Å². The van der Waals surface area contributed by atoms with Gasteiger partial charge < -0.3 is 4.98 Å². The van der Waals surface area contributed by atoms with Gasteiger partial charge in [-0.1, -0.05) is 44.2 Å². The first kappa shape index (κ1) is 16.7. The second kappa shape index (κ2) is 6.75. The maximum atomic E-state index is 12.6. The lowest BCUT2D eigenvalue weighted by Gasteiger charge is -2.18. The van der Waals surface area contributed by atoms with Crippen molar-refractivity contribution in [3.63, 3.8) is 0 Å². The van der Waals surface area contributed by atoms with Gasteiger partial charge in [-0.15, -0.1) is 0 Å². The minimum atomic E-state index is -3.46. The smallest absolute Gasteiger partial charge is 0.243 e. The van der Waals surface area contributed by atoms with Crippen molar-refractivity contribution >= 4 is 21.1 Å². The Morgan fingerprint density at radius 3 is 2.42 bits per heavy atom. The molecule has 0 fully saturated rings. The van der Waals surface area contributed by atoms with Gasteiger partial charge in [-0.3, -0.25) is 0 Å². The van der Waals surface area contributed by atoms with Crippen LogP contribution < -0.4 is 0 Å². The number of aromatic nitrogens is 2. The maximum absolute atomic E-state index is 12.6. The molecule has 5 nitrogen and oxygen atoms in total. The van der Waals surface area contributed by atoms with Crippen molar-refractivity contribution in [2.24, 2.45) is 0 Å². The van der Waals surface area contributed by atoms with E-state index in [1.54, 1.807) is 18.2 Å². The molecule has 0 saturated carbocycles. The van der Waals surface area contributed by atoms with Crippen LogP contribution in [0.1, 0.15) is 25.2 Å². The minimum absolute atomic E-state index is 0.300. The number of rotatable bonds is 6. The van der Waals surface area contributed by atoms with Crippen LogP contribution in [0.2, 0.25) is 0 Å². The summed E-state index contributed by atoms with van der Waals surface area (Å²) in [5, 5.41) is 0. The Hall–Kier alpha value is -2.18. The fourth-order valence-corrected chi connectivity index (χ4v) is 4.27. The van der Waals surface area contributed by atoms with E-state index >= 15 is 0 Å². The van der Waals surface area contributed by atoms with Crippen LogP contribution in [0.5, 0.6) is 0 Å². The minimum Gasteiger partial charge on any atom is -0.342 e. The molecule has 0 spiro atoms. The van der Waals surface area contributed by atoms with Crippen molar-refractivity contribution in [2.75, 3.05) is 13.1 Å². The van der Waals surface area contributed by atoms with E-state index in [4.69, 9.17) is 0 Å². The number of hydrogen-bond acceptors (Lipinski definition) is 3. The molecular formula is C18H21N3O2S. The summed E-state index contributed by atoms with van der Waals surface area (Å²) in [6.07, 6.45) is 0.688. The van der Waals surface area contributed by atoms with Crippen LogP contribution >= 0.6 is 0 Å². The maximum Gasteiger partial charge on any atom is 0.243 e. The Kier molecular flexibility index (Phi) is 4.69. The molecule has 1 heterocycles. The fraction of sp³-hybridized carbons (Fsp3) is 0.278. The van der Waals surface area contributed by atoms with Crippen LogP contribution in [0.3, 0.4) is 0 Å². The van der Waals surface area contributed by atoms with E-state index in [1.807, 2.05) is 44.2 Å². The van der Waals surface area contributed by atoms with Crippen molar-refractivity contribution in [3.8, 4) is 0 Å². The van der Waals surface area contributed by atoms with E-state index in [0.29, 0.717) is 24.4 Å². The first-order valence-electron chi connectivity index (χ1n) is 8.07. The average Bonchev–Trinajstić information content (AvgIpc) is 2.98. The molecule has 1 aromatic heterocycles. The van der Waals surface area contributed by atoms with Crippen molar-refractivity contribution < 1.29 is 8.42 Å². The van der Waals surface area contributed by atoms with Gasteiger partial charge >= 0.3 is 0 Å². The van der Waals surface area contributed by atoms with E-state index in [1.165, 1.54) is 4.31 Å². The van der Waals surface area contributed by atoms with Gasteiger partial charge in [-0.2, -0.15) is 4.31 Å². The Balaban J connectivity index is 1.95. The van der Waals surface area contributed by atoms with Gasteiger partial charge in [-0.25, -0.2) is 13.4 Å². The van der Waals surface area contributed by atoms with Crippen LogP contribution in [-0.4, -0.2) is 35.8 Å². The largest absolute Gasteiger partial charge is 0.342 e. The summed E-state index contributed by atoms with van der Waals surface area (Å²) in [5.41, 5.74) is 2.68. The van der Waals surface area contributed by atoms with Gasteiger partial charge in [0.2, 0.25) is 10.0 Å². The van der Waals surface area contributed by atoms with Crippen molar-refractivity contribution in [3.05, 3.63) is 59.9 Å². The number of benzene rings is 2. The molecule has 2 aromatic carbocycles. The van der Waals surface area contributed by atoms with E-state index in [9.17, 15) is 8.42 Å². The molecule has 0 amide bonds. The molecule has 0 bridgehead atoms. The summed E-state index contributed by atoms with van der Waals surface area (Å²) in [4.78, 5) is 8.09. The second-order valence-electron chi connectivity index (χ2n) is 5.61. The molecule has 1 N–H and O–H groups in total. The first-order valence-corrected chi connectivity index (χ1v) is 9.51. The number of H-pyrrole nitrogens is 1. The van der Waals surface area contributed by atoms with Crippen LogP contribution in [0.25, 0.3) is 11.0 Å². The third-order valence-electron chi connectivity index (χ3n) is 4.06. The predicted molar refractivity (Wildman–Crippen MR) is 95.4 cm³/mol. The highest BCUT2D eigenvalue weighted by Crippen LogP contribution is 2.21. The molecule has 0 saturated heterocycles. The molecule has 0 radical (unpaired) electrons. The van der Waals surface area contributed by atoms with Gasteiger partial charge in [0.05, 0.1) is 15.9 Å². The lowest BCUT2D eigenvalue weighted by molar-refractivity contribution is 0.445. The molecule has 0 atom stereocenters. The molecule has 0 aliphatic rings. The lowest BCUT2D eigenvalue weighted by Crippen LogP contribution is -2.30. The fourth-order valence-electron chi connectivity index (χ4n) is 2.79. The highest BCUT2D eigenvalue weighted by Gasteiger charge is 2.22. The van der Waals surface area contributed by atoms with Gasteiger partial charge in [0.1, 0.15) is 5.82 Å². The molecule has 126 valence electrons. The lowest BCUT2D eigenvalue weighted by atomic mass is 10.1. The molecule has 0 aliphatic heterocycles. The zero-order valence-electron chi connectivity index (χ0n) is 13.9. The highest BCUT2D eigenvalue weighted by atomic mass is 32.2. The average molecular weight is 343 g/mol. The number of sulfonamides is 1. The zero-order valence-corrected chi connectivity index (χ0v) is 14.7. The quantitative estimate of drug-likeness (QED) is 0.747. The van der Waals surface area contributed by atoms with Gasteiger partial charge in [0.25, 0.3) is 0 Å². The zero-order chi connectivity index (χ0) is 17.2. The summed E-state index contributed by atoms with van der Waals surface area (Å²) < 4.78 is 26.7. The van der Waals surface area contributed by atoms with E-state index < -0.39 is 10.0 Å². The van der Waals surface area contributed by atoms with Crippen molar-refractivity contribution in [1.82, 2.24) is 14.3 Å². The number of hydrogen-bond donors (Lipinski definition) is 1. The third-order valence-corrected chi connectivity index (χ3v) is 6.11. The van der Waals surface area contributed by atoms with E-state index in [2.05, 4.69) is 9.97 Å². The van der Waals surface area contributed by atoms with Crippen molar-refractivity contribution in [2.45, 2.75) is 25.2 Å². The molecule has 0 aliphatic carbocycles. The third kappa shape index (κ3) is 3.20. The number of nitrogens with one attached hydrogen (secondary N) is 1. The molecule has 24 heavy (non-hydrogen) atoms. The number of aromatic amines is 1. The summed E-state index contributed by atoms with van der Waals surface area (Å²) >= 11 is 0. The van der Waals surface area contributed by atoms with E-state index in [0.717, 1.165) is 22.4 Å². The Labute approximate surface area is 142 Å². The molecule has 0 unspecified atom stereocenters. The molecular weight excluding hydrogens is 322 g/mol. The second-order valence-corrected chi connectivity index (χ2v) is 7.55. The SMILES string of the molecule is CCN(CC)S(=O)(=O)c1ccc2nc(Cc3ccccc3)[nH]c2c1. The number of imidazole rings is 1. The van der Waals surface area contributed by atoms with Crippen molar-refractivity contribution in [1.29, 1.82) is 0 Å². The van der Waals surface area contributed by atoms with Gasteiger partial charge in [0, 0.05) is 19.5 Å². The Morgan fingerprint density at radius 1 is 1.04 bits per heavy atom. The monoisotopic (exact) mass is 343 g/mol. The van der Waals surface area contributed by atoms with Crippen LogP contribution in [-0.2, 0) is 16.4 Å². The topological polar surface area (TPSA) is 66.1 Å². The predicted octanol–water partition coefficient (Wildman–Crippen LogP) is 3.18. The summed E-state index contributed by atoms with van der Waals surface area (Å²) in [6.45, 7) is 4.60.